The van der Waals surface area contributed by atoms with Gasteiger partial charge in [-0.05, 0) is 32.6 Å². The predicted octanol–water partition coefficient (Wildman–Crippen LogP) is 1.89. The summed E-state index contributed by atoms with van der Waals surface area (Å²) in [4.78, 5) is 30.7. The van der Waals surface area contributed by atoms with Gasteiger partial charge in [-0.1, -0.05) is 0 Å². The standard InChI is InChI=1S/C18H21FN6O2/c1-9-15-16(25(3)10(2)17(26)24-15)23-14(22-9)6-11-4-13(5-11)27-18-20-7-12(19)8-21-18/h7-8,10-11,13H,4-6H2,1-3H3,(H,24,26)/t10-,11?,13?/m0/s1. The number of likely N-dealkylation sites (N-methyl/N-ethyl adjacent to an activating group) is 1. The molecule has 142 valence electrons. The minimum atomic E-state index is -0.482. The molecule has 4 rings (SSSR count). The molecule has 1 amide bonds. The van der Waals surface area contributed by atoms with Crippen LogP contribution in [0.3, 0.4) is 0 Å². The van der Waals surface area contributed by atoms with E-state index < -0.39 is 5.82 Å². The summed E-state index contributed by atoms with van der Waals surface area (Å²) in [6.07, 6.45) is 4.67. The highest BCUT2D eigenvalue weighted by atomic mass is 19.1. The summed E-state index contributed by atoms with van der Waals surface area (Å²) in [6.45, 7) is 3.73. The van der Waals surface area contributed by atoms with Gasteiger partial charge in [0.05, 0.1) is 18.1 Å². The molecule has 1 aliphatic heterocycles. The molecule has 2 aromatic heterocycles. The van der Waals surface area contributed by atoms with Crippen molar-refractivity contribution in [2.24, 2.45) is 5.92 Å². The van der Waals surface area contributed by atoms with Gasteiger partial charge >= 0.3 is 6.01 Å². The first-order valence-corrected chi connectivity index (χ1v) is 8.96. The highest BCUT2D eigenvalue weighted by Gasteiger charge is 2.34. The molecule has 0 radical (unpaired) electrons. The zero-order chi connectivity index (χ0) is 19.1. The fraction of sp³-hybridized carbons (Fsp3) is 0.500. The van der Waals surface area contributed by atoms with E-state index in [0.29, 0.717) is 11.6 Å². The number of nitrogens with one attached hydrogen (secondary N) is 1. The molecule has 0 saturated heterocycles. The Morgan fingerprint density at radius 2 is 2.00 bits per heavy atom. The summed E-state index contributed by atoms with van der Waals surface area (Å²) in [5, 5.41) is 2.89. The van der Waals surface area contributed by atoms with E-state index in [1.165, 1.54) is 0 Å². The summed E-state index contributed by atoms with van der Waals surface area (Å²) in [7, 11) is 1.87. The average Bonchev–Trinajstić information content (AvgIpc) is 2.61. The number of amides is 1. The molecule has 1 aliphatic carbocycles. The lowest BCUT2D eigenvalue weighted by Gasteiger charge is -2.35. The molecule has 2 aliphatic rings. The summed E-state index contributed by atoms with van der Waals surface area (Å²) >= 11 is 0. The number of aryl methyl sites for hydroxylation is 1. The Balaban J connectivity index is 1.39. The van der Waals surface area contributed by atoms with E-state index in [2.05, 4.69) is 25.3 Å². The fourth-order valence-electron chi connectivity index (χ4n) is 3.40. The van der Waals surface area contributed by atoms with E-state index in [4.69, 9.17) is 4.74 Å². The zero-order valence-electron chi connectivity index (χ0n) is 15.4. The number of hydrogen-bond donors (Lipinski definition) is 1. The summed E-state index contributed by atoms with van der Waals surface area (Å²) in [5.74, 6) is 1.41. The lowest BCUT2D eigenvalue weighted by Crippen LogP contribution is -2.45. The van der Waals surface area contributed by atoms with Gasteiger partial charge in [0, 0.05) is 13.5 Å². The van der Waals surface area contributed by atoms with Gasteiger partial charge in [-0.2, -0.15) is 0 Å². The molecule has 1 saturated carbocycles. The summed E-state index contributed by atoms with van der Waals surface area (Å²) in [6, 6.07) is -0.0658. The van der Waals surface area contributed by atoms with Gasteiger partial charge in [0.1, 0.15) is 23.7 Å². The number of aromatic nitrogens is 4. The Bertz CT molecular complexity index is 869. The van der Waals surface area contributed by atoms with Gasteiger partial charge in [0.15, 0.2) is 11.6 Å². The molecule has 0 unspecified atom stereocenters. The smallest absolute Gasteiger partial charge is 0.316 e. The third kappa shape index (κ3) is 3.41. The third-order valence-corrected chi connectivity index (χ3v) is 5.19. The van der Waals surface area contributed by atoms with Crippen molar-refractivity contribution in [3.63, 3.8) is 0 Å². The molecular weight excluding hydrogens is 351 g/mol. The van der Waals surface area contributed by atoms with Crippen molar-refractivity contribution in [3.05, 3.63) is 29.7 Å². The number of rotatable bonds is 4. The topological polar surface area (TPSA) is 93.1 Å². The Morgan fingerprint density at radius 3 is 2.70 bits per heavy atom. The third-order valence-electron chi connectivity index (χ3n) is 5.19. The van der Waals surface area contributed by atoms with Crippen molar-refractivity contribution in [3.8, 4) is 6.01 Å². The highest BCUT2D eigenvalue weighted by molar-refractivity contribution is 6.02. The van der Waals surface area contributed by atoms with Crippen LogP contribution in [0.2, 0.25) is 0 Å². The number of carbonyl (C=O) groups is 1. The SMILES string of the molecule is Cc1nc(CC2CC(Oc3ncc(F)cn3)C2)nc2c1NC(=O)[C@H](C)N2C. The second kappa shape index (κ2) is 6.71. The predicted molar refractivity (Wildman–Crippen MR) is 96.1 cm³/mol. The Hall–Kier alpha value is -2.84. The van der Waals surface area contributed by atoms with E-state index in [0.717, 1.165) is 49.0 Å². The van der Waals surface area contributed by atoms with Crippen LogP contribution < -0.4 is 15.0 Å². The van der Waals surface area contributed by atoms with Crippen LogP contribution in [0, 0.1) is 18.7 Å². The van der Waals surface area contributed by atoms with E-state index >= 15 is 0 Å². The minimum Gasteiger partial charge on any atom is -0.460 e. The normalized spacial score (nSPS) is 24.1. The minimum absolute atomic E-state index is 0.0289. The number of anilines is 2. The molecule has 1 N–H and O–H groups in total. The molecule has 3 heterocycles. The Labute approximate surface area is 156 Å². The molecule has 0 bridgehead atoms. The first kappa shape index (κ1) is 17.6. The maximum absolute atomic E-state index is 12.8. The second-order valence-corrected chi connectivity index (χ2v) is 7.17. The number of fused-ring (bicyclic) bond motifs is 1. The Morgan fingerprint density at radius 1 is 1.30 bits per heavy atom. The maximum Gasteiger partial charge on any atom is 0.316 e. The van der Waals surface area contributed by atoms with Crippen LogP contribution in [0.15, 0.2) is 12.4 Å². The van der Waals surface area contributed by atoms with Crippen LogP contribution >= 0.6 is 0 Å². The van der Waals surface area contributed by atoms with Crippen molar-refractivity contribution < 1.29 is 13.9 Å². The molecule has 8 nitrogen and oxygen atoms in total. The molecule has 0 aromatic carbocycles. The van der Waals surface area contributed by atoms with Crippen molar-refractivity contribution >= 4 is 17.4 Å². The fourth-order valence-corrected chi connectivity index (χ4v) is 3.40. The van der Waals surface area contributed by atoms with Crippen LogP contribution in [0.5, 0.6) is 6.01 Å². The van der Waals surface area contributed by atoms with Crippen molar-refractivity contribution in [2.45, 2.75) is 45.3 Å². The molecule has 2 aromatic rings. The zero-order valence-corrected chi connectivity index (χ0v) is 15.4. The van der Waals surface area contributed by atoms with Gasteiger partial charge in [-0.15, -0.1) is 0 Å². The van der Waals surface area contributed by atoms with E-state index in [1.807, 2.05) is 25.8 Å². The number of nitrogens with zero attached hydrogens (tertiary/aromatic N) is 5. The molecule has 1 atom stereocenters. The monoisotopic (exact) mass is 372 g/mol. The lowest BCUT2D eigenvalue weighted by atomic mass is 9.80. The molecule has 9 heteroatoms. The van der Waals surface area contributed by atoms with E-state index in [9.17, 15) is 9.18 Å². The quantitative estimate of drug-likeness (QED) is 0.876. The number of halogens is 1. The van der Waals surface area contributed by atoms with Crippen LogP contribution in [-0.4, -0.2) is 45.0 Å². The first-order chi connectivity index (χ1) is 12.9. The Kier molecular flexibility index (Phi) is 4.37. The van der Waals surface area contributed by atoms with Crippen LogP contribution in [0.4, 0.5) is 15.9 Å². The van der Waals surface area contributed by atoms with Gasteiger partial charge in [0.2, 0.25) is 5.91 Å². The maximum atomic E-state index is 12.8. The van der Waals surface area contributed by atoms with E-state index in [-0.39, 0.29) is 24.1 Å². The molecule has 1 fully saturated rings. The second-order valence-electron chi connectivity index (χ2n) is 7.17. The molecule has 27 heavy (non-hydrogen) atoms. The lowest BCUT2D eigenvalue weighted by molar-refractivity contribution is -0.117. The van der Waals surface area contributed by atoms with Crippen molar-refractivity contribution in [2.75, 3.05) is 17.3 Å². The van der Waals surface area contributed by atoms with Gasteiger partial charge < -0.3 is 15.0 Å². The number of carbonyl (C=O) groups excluding carboxylic acids is 1. The van der Waals surface area contributed by atoms with Gasteiger partial charge in [0.25, 0.3) is 0 Å². The van der Waals surface area contributed by atoms with E-state index in [1.54, 1.807) is 0 Å². The van der Waals surface area contributed by atoms with Gasteiger partial charge in [-0.3, -0.25) is 4.79 Å². The average molecular weight is 372 g/mol. The summed E-state index contributed by atoms with van der Waals surface area (Å²) < 4.78 is 18.5. The highest BCUT2D eigenvalue weighted by Crippen LogP contribution is 2.35. The van der Waals surface area contributed by atoms with Crippen molar-refractivity contribution in [1.82, 2.24) is 19.9 Å². The van der Waals surface area contributed by atoms with Crippen LogP contribution in [-0.2, 0) is 11.2 Å². The number of hydrogen-bond acceptors (Lipinski definition) is 7. The molecule has 0 spiro atoms. The van der Waals surface area contributed by atoms with Crippen molar-refractivity contribution in [1.29, 1.82) is 0 Å². The van der Waals surface area contributed by atoms with Gasteiger partial charge in [-0.25, -0.2) is 24.3 Å². The van der Waals surface area contributed by atoms with Crippen LogP contribution in [0.1, 0.15) is 31.3 Å². The largest absolute Gasteiger partial charge is 0.460 e. The van der Waals surface area contributed by atoms with Crippen LogP contribution in [0.25, 0.3) is 0 Å². The first-order valence-electron chi connectivity index (χ1n) is 8.96. The molecular formula is C18H21FN6O2. The summed E-state index contributed by atoms with van der Waals surface area (Å²) in [5.41, 5.74) is 1.46. The number of ether oxygens (including phenoxy) is 1.